The molecule has 1 unspecified atom stereocenters. The van der Waals surface area contributed by atoms with E-state index in [0.29, 0.717) is 12.7 Å². The Morgan fingerprint density at radius 2 is 2.14 bits per heavy atom. The third-order valence-corrected chi connectivity index (χ3v) is 5.11. The fraction of sp³-hybridized carbons (Fsp3) is 0.600. The normalized spacial score (nSPS) is 20.0. The van der Waals surface area contributed by atoms with Crippen molar-refractivity contribution in [1.29, 1.82) is 0 Å². The van der Waals surface area contributed by atoms with Crippen molar-refractivity contribution in [3.63, 3.8) is 0 Å². The summed E-state index contributed by atoms with van der Waals surface area (Å²) < 4.78 is 0. The molecule has 1 N–H and O–H groups in total. The van der Waals surface area contributed by atoms with E-state index in [2.05, 4.69) is 25.2 Å². The summed E-state index contributed by atoms with van der Waals surface area (Å²) in [6.45, 7) is 6.77. The first-order valence-electron chi connectivity index (χ1n) is 7.37. The lowest BCUT2D eigenvalue weighted by molar-refractivity contribution is -0.127. The highest BCUT2D eigenvalue weighted by Gasteiger charge is 2.40. The first-order chi connectivity index (χ1) is 9.95. The Morgan fingerprint density at radius 1 is 1.43 bits per heavy atom. The van der Waals surface area contributed by atoms with Gasteiger partial charge in [-0.2, -0.15) is 0 Å². The minimum absolute atomic E-state index is 0.0347. The number of rotatable bonds is 3. The van der Waals surface area contributed by atoms with Gasteiger partial charge in [0.1, 0.15) is 6.54 Å². The number of hydrogen-bond donors (Lipinski definition) is 1. The first kappa shape index (κ1) is 14.4. The second-order valence-electron chi connectivity index (χ2n) is 5.97. The molecule has 3 rings (SSSR count). The van der Waals surface area contributed by atoms with E-state index in [1.165, 1.54) is 9.75 Å². The third-order valence-electron chi connectivity index (χ3n) is 4.13. The van der Waals surface area contributed by atoms with Crippen LogP contribution in [0.1, 0.15) is 41.1 Å². The molecule has 1 atom stereocenters. The first-order valence-corrected chi connectivity index (χ1v) is 8.19. The zero-order valence-electron chi connectivity index (χ0n) is 12.7. The lowest BCUT2D eigenvalue weighted by Crippen LogP contribution is -2.40. The quantitative estimate of drug-likeness (QED) is 0.932. The summed E-state index contributed by atoms with van der Waals surface area (Å²) in [5.74, 6) is 0.0721. The molecule has 3 amide bonds. The molecule has 0 spiro atoms. The Hall–Kier alpha value is -1.56. The summed E-state index contributed by atoms with van der Waals surface area (Å²) in [5.41, 5.74) is 1.16. The van der Waals surface area contributed by atoms with Crippen LogP contribution in [0, 0.1) is 13.8 Å². The molecular formula is C15H21N3O2S. The number of carbonyl (C=O) groups is 2. The van der Waals surface area contributed by atoms with Crippen LogP contribution in [0.2, 0.25) is 0 Å². The molecule has 1 saturated heterocycles. The molecular weight excluding hydrogens is 286 g/mol. The van der Waals surface area contributed by atoms with Crippen LogP contribution >= 0.6 is 11.3 Å². The van der Waals surface area contributed by atoms with Gasteiger partial charge in [-0.1, -0.05) is 0 Å². The van der Waals surface area contributed by atoms with Gasteiger partial charge >= 0.3 is 6.03 Å². The number of nitrogens with one attached hydrogen (secondary N) is 1. The number of carbonyl (C=O) groups excluding carboxylic acids is 2. The van der Waals surface area contributed by atoms with Crippen molar-refractivity contribution in [1.82, 2.24) is 15.1 Å². The molecule has 2 aliphatic rings. The summed E-state index contributed by atoms with van der Waals surface area (Å²) >= 11 is 1.74. The van der Waals surface area contributed by atoms with Crippen LogP contribution in [-0.4, -0.2) is 41.0 Å². The van der Waals surface area contributed by atoms with Gasteiger partial charge in [0.25, 0.3) is 0 Å². The largest absolute Gasteiger partial charge is 0.331 e. The van der Waals surface area contributed by atoms with E-state index in [1.807, 2.05) is 11.8 Å². The summed E-state index contributed by atoms with van der Waals surface area (Å²) in [6, 6.07) is 2.31. The van der Waals surface area contributed by atoms with E-state index in [1.54, 1.807) is 16.2 Å². The van der Waals surface area contributed by atoms with Gasteiger partial charge in [0, 0.05) is 15.8 Å². The molecule has 2 heterocycles. The Morgan fingerprint density at radius 3 is 2.71 bits per heavy atom. The Balaban J connectivity index is 1.61. The van der Waals surface area contributed by atoms with Gasteiger partial charge in [-0.3, -0.25) is 9.69 Å². The van der Waals surface area contributed by atoms with Gasteiger partial charge in [0.05, 0.1) is 12.7 Å². The Kier molecular flexibility index (Phi) is 3.65. The predicted molar refractivity (Wildman–Crippen MR) is 82.2 cm³/mol. The van der Waals surface area contributed by atoms with E-state index in [9.17, 15) is 9.59 Å². The maximum atomic E-state index is 12.3. The van der Waals surface area contributed by atoms with Gasteiger partial charge in [-0.25, -0.2) is 4.79 Å². The molecule has 2 fully saturated rings. The van der Waals surface area contributed by atoms with E-state index < -0.39 is 0 Å². The maximum Gasteiger partial charge on any atom is 0.319 e. The summed E-state index contributed by atoms with van der Waals surface area (Å²) in [7, 11) is 0. The fourth-order valence-electron chi connectivity index (χ4n) is 2.84. The summed E-state index contributed by atoms with van der Waals surface area (Å²) in [4.78, 5) is 30.1. The highest BCUT2D eigenvalue weighted by Crippen LogP contribution is 2.30. The summed E-state index contributed by atoms with van der Waals surface area (Å²) in [5, 5.41) is 3.01. The molecule has 0 aromatic carbocycles. The monoisotopic (exact) mass is 307 g/mol. The molecule has 1 saturated carbocycles. The number of amides is 3. The van der Waals surface area contributed by atoms with Gasteiger partial charge in [-0.15, -0.1) is 11.3 Å². The van der Waals surface area contributed by atoms with Crippen LogP contribution in [-0.2, 0) is 4.79 Å². The van der Waals surface area contributed by atoms with Crippen LogP contribution < -0.4 is 5.32 Å². The molecule has 21 heavy (non-hydrogen) atoms. The molecule has 1 aliphatic carbocycles. The molecule has 1 aliphatic heterocycles. The van der Waals surface area contributed by atoms with Crippen molar-refractivity contribution in [3.05, 3.63) is 21.4 Å². The fourth-order valence-corrected chi connectivity index (χ4v) is 3.87. The van der Waals surface area contributed by atoms with Gasteiger partial charge < -0.3 is 10.2 Å². The molecule has 1 aromatic rings. The third kappa shape index (κ3) is 2.90. The summed E-state index contributed by atoms with van der Waals surface area (Å²) in [6.07, 6.45) is 2.15. The number of thiophene rings is 1. The second kappa shape index (κ2) is 5.33. The van der Waals surface area contributed by atoms with E-state index in [0.717, 1.165) is 18.4 Å². The minimum Gasteiger partial charge on any atom is -0.331 e. The number of aryl methyl sites for hydroxylation is 2. The zero-order valence-corrected chi connectivity index (χ0v) is 13.5. The lowest BCUT2D eigenvalue weighted by atomic mass is 10.1. The molecule has 5 nitrogen and oxygen atoms in total. The van der Waals surface area contributed by atoms with Crippen molar-refractivity contribution < 1.29 is 9.59 Å². The second-order valence-corrected chi connectivity index (χ2v) is 7.43. The average molecular weight is 307 g/mol. The molecule has 6 heteroatoms. The highest BCUT2D eigenvalue weighted by molar-refractivity contribution is 7.12. The minimum atomic E-state index is -0.151. The van der Waals surface area contributed by atoms with Gasteiger partial charge in [-0.05, 0) is 45.2 Å². The van der Waals surface area contributed by atoms with Crippen LogP contribution in [0.25, 0.3) is 0 Å². The van der Waals surface area contributed by atoms with E-state index in [4.69, 9.17) is 0 Å². The number of urea groups is 1. The molecule has 0 bridgehead atoms. The molecule has 114 valence electrons. The number of hydrogen-bond acceptors (Lipinski definition) is 3. The predicted octanol–water partition coefficient (Wildman–Crippen LogP) is 2.40. The van der Waals surface area contributed by atoms with Crippen molar-refractivity contribution in [2.24, 2.45) is 0 Å². The standard InChI is InChI=1S/C15H21N3O2S/c1-9-6-13(11(3)21-9)10(2)16-15(20)17-7-14(19)18(8-17)12-4-5-12/h6,10,12H,4-5,7-8H2,1-3H3,(H,16,20). The van der Waals surface area contributed by atoms with Crippen molar-refractivity contribution in [2.75, 3.05) is 13.2 Å². The van der Waals surface area contributed by atoms with Gasteiger partial charge in [0.15, 0.2) is 0 Å². The van der Waals surface area contributed by atoms with Crippen molar-refractivity contribution >= 4 is 23.3 Å². The van der Waals surface area contributed by atoms with Crippen LogP contribution in [0.4, 0.5) is 4.79 Å². The maximum absolute atomic E-state index is 12.3. The highest BCUT2D eigenvalue weighted by atomic mass is 32.1. The Bertz CT molecular complexity index is 579. The molecule has 0 radical (unpaired) electrons. The Labute approximate surface area is 128 Å². The zero-order chi connectivity index (χ0) is 15.1. The van der Waals surface area contributed by atoms with Crippen molar-refractivity contribution in [3.8, 4) is 0 Å². The smallest absolute Gasteiger partial charge is 0.319 e. The van der Waals surface area contributed by atoms with E-state index >= 15 is 0 Å². The number of nitrogens with zero attached hydrogens (tertiary/aromatic N) is 2. The van der Waals surface area contributed by atoms with Gasteiger partial charge in [0.2, 0.25) is 5.91 Å². The SMILES string of the molecule is Cc1cc(C(C)NC(=O)N2CC(=O)N(C3CC3)C2)c(C)s1. The topological polar surface area (TPSA) is 52.7 Å². The van der Waals surface area contributed by atoms with Crippen LogP contribution in [0.15, 0.2) is 6.07 Å². The van der Waals surface area contributed by atoms with Crippen LogP contribution in [0.5, 0.6) is 0 Å². The van der Waals surface area contributed by atoms with Crippen LogP contribution in [0.3, 0.4) is 0 Å². The molecule has 1 aromatic heterocycles. The average Bonchev–Trinajstić information content (AvgIpc) is 3.09. The lowest BCUT2D eigenvalue weighted by Gasteiger charge is -2.21. The van der Waals surface area contributed by atoms with Crippen molar-refractivity contribution in [2.45, 2.75) is 45.7 Å². The van der Waals surface area contributed by atoms with E-state index in [-0.39, 0.29) is 24.5 Å².